The van der Waals surface area contributed by atoms with E-state index in [4.69, 9.17) is 0 Å². The van der Waals surface area contributed by atoms with E-state index in [0.29, 0.717) is 13.0 Å². The van der Waals surface area contributed by atoms with Gasteiger partial charge in [0.2, 0.25) is 10.0 Å². The molecule has 0 fully saturated rings. The van der Waals surface area contributed by atoms with Crippen LogP contribution in [0.3, 0.4) is 0 Å². The van der Waals surface area contributed by atoms with Gasteiger partial charge in [0.25, 0.3) is 0 Å². The number of hydrogen-bond acceptors (Lipinski definition) is 2. The average molecular weight is 319 g/mol. The molecular formula is C17H18FNO2S. The molecule has 0 amide bonds. The Morgan fingerprint density at radius 2 is 1.68 bits per heavy atom. The number of halogens is 1. The molecule has 2 aromatic carbocycles. The van der Waals surface area contributed by atoms with Crippen molar-refractivity contribution in [3.05, 3.63) is 71.6 Å². The van der Waals surface area contributed by atoms with E-state index in [1.54, 1.807) is 36.4 Å². The van der Waals surface area contributed by atoms with Crippen LogP contribution in [0.25, 0.3) is 6.08 Å². The molecule has 22 heavy (non-hydrogen) atoms. The van der Waals surface area contributed by atoms with E-state index >= 15 is 0 Å². The third kappa shape index (κ3) is 4.79. The summed E-state index contributed by atoms with van der Waals surface area (Å²) in [5.41, 5.74) is 1.89. The van der Waals surface area contributed by atoms with Crippen LogP contribution in [0.15, 0.2) is 59.5 Å². The summed E-state index contributed by atoms with van der Waals surface area (Å²) in [5.74, 6) is -0.275. The van der Waals surface area contributed by atoms with Gasteiger partial charge in [0.05, 0.1) is 4.90 Å². The summed E-state index contributed by atoms with van der Waals surface area (Å²) >= 11 is 0. The fourth-order valence-corrected chi connectivity index (χ4v) is 2.92. The lowest BCUT2D eigenvalue weighted by molar-refractivity contribution is 0.582. The molecule has 0 radical (unpaired) electrons. The van der Waals surface area contributed by atoms with E-state index in [-0.39, 0.29) is 10.7 Å². The maximum absolute atomic E-state index is 12.7. The monoisotopic (exact) mass is 319 g/mol. The van der Waals surface area contributed by atoms with Gasteiger partial charge in [-0.25, -0.2) is 17.5 Å². The van der Waals surface area contributed by atoms with Crippen molar-refractivity contribution in [2.45, 2.75) is 18.2 Å². The van der Waals surface area contributed by atoms with Crippen molar-refractivity contribution in [3.63, 3.8) is 0 Å². The predicted octanol–water partition coefficient (Wildman–Crippen LogP) is 3.52. The first-order valence-electron chi connectivity index (χ1n) is 6.96. The minimum atomic E-state index is -3.46. The first-order chi connectivity index (χ1) is 10.5. The molecule has 1 N–H and O–H groups in total. The van der Waals surface area contributed by atoms with Crippen molar-refractivity contribution in [1.82, 2.24) is 4.72 Å². The lowest BCUT2D eigenvalue weighted by atomic mass is 10.2. The first-order valence-corrected chi connectivity index (χ1v) is 8.44. The fourth-order valence-electron chi connectivity index (χ4n) is 1.87. The lowest BCUT2D eigenvalue weighted by Gasteiger charge is -2.05. The number of rotatable bonds is 6. The Balaban J connectivity index is 1.85. The lowest BCUT2D eigenvalue weighted by Crippen LogP contribution is -2.24. The molecular weight excluding hydrogens is 301 g/mol. The van der Waals surface area contributed by atoms with Crippen LogP contribution in [0.2, 0.25) is 0 Å². The molecule has 0 aliphatic carbocycles. The van der Waals surface area contributed by atoms with Crippen LogP contribution in [-0.4, -0.2) is 15.0 Å². The molecule has 5 heteroatoms. The minimum Gasteiger partial charge on any atom is -0.211 e. The molecule has 0 aromatic heterocycles. The van der Waals surface area contributed by atoms with Gasteiger partial charge in [0.15, 0.2) is 0 Å². The SMILES string of the molecule is Cc1ccc(S(=O)(=O)NCC/C=C/c2ccc(F)cc2)cc1. The Hall–Kier alpha value is -1.98. The minimum absolute atomic E-state index is 0.264. The Bertz CT molecular complexity index is 735. The fraction of sp³-hybridized carbons (Fsp3) is 0.176. The van der Waals surface area contributed by atoms with Gasteiger partial charge in [-0.15, -0.1) is 0 Å². The summed E-state index contributed by atoms with van der Waals surface area (Å²) in [7, 11) is -3.46. The first kappa shape index (κ1) is 16.4. The van der Waals surface area contributed by atoms with E-state index in [1.807, 2.05) is 19.1 Å². The largest absolute Gasteiger partial charge is 0.240 e. The Morgan fingerprint density at radius 3 is 2.32 bits per heavy atom. The summed E-state index contributed by atoms with van der Waals surface area (Å²) in [6.07, 6.45) is 4.24. The topological polar surface area (TPSA) is 46.2 Å². The van der Waals surface area contributed by atoms with Crippen LogP contribution in [0.1, 0.15) is 17.5 Å². The van der Waals surface area contributed by atoms with E-state index in [1.165, 1.54) is 12.1 Å². The van der Waals surface area contributed by atoms with Gasteiger partial charge in [-0.2, -0.15) is 0 Å². The number of aryl methyl sites for hydroxylation is 1. The standard InChI is InChI=1S/C17H18FNO2S/c1-14-5-11-17(12-6-14)22(20,21)19-13-3-2-4-15-7-9-16(18)10-8-15/h2,4-12,19H,3,13H2,1H3/b4-2+. The van der Waals surface area contributed by atoms with E-state index in [0.717, 1.165) is 11.1 Å². The highest BCUT2D eigenvalue weighted by molar-refractivity contribution is 7.89. The van der Waals surface area contributed by atoms with Crippen LogP contribution in [0.4, 0.5) is 4.39 Å². The van der Waals surface area contributed by atoms with Gasteiger partial charge < -0.3 is 0 Å². The molecule has 0 unspecified atom stereocenters. The Kier molecular flexibility index (Phi) is 5.46. The smallest absolute Gasteiger partial charge is 0.211 e. The zero-order valence-corrected chi connectivity index (χ0v) is 13.1. The molecule has 116 valence electrons. The van der Waals surface area contributed by atoms with E-state index in [2.05, 4.69) is 4.72 Å². The highest BCUT2D eigenvalue weighted by atomic mass is 32.2. The molecule has 0 bridgehead atoms. The van der Waals surface area contributed by atoms with Gasteiger partial charge in [-0.3, -0.25) is 0 Å². The second-order valence-corrected chi connectivity index (χ2v) is 6.72. The summed E-state index contributed by atoms with van der Waals surface area (Å²) in [6.45, 7) is 2.22. The predicted molar refractivity (Wildman–Crippen MR) is 86.4 cm³/mol. The second kappa shape index (κ2) is 7.33. The van der Waals surface area contributed by atoms with Crippen molar-refractivity contribution >= 4 is 16.1 Å². The summed E-state index contributed by atoms with van der Waals surface area (Å²) in [6, 6.07) is 12.8. The van der Waals surface area contributed by atoms with Gasteiger partial charge in [0, 0.05) is 6.54 Å². The molecule has 0 saturated carbocycles. The van der Waals surface area contributed by atoms with Crippen LogP contribution < -0.4 is 4.72 Å². The van der Waals surface area contributed by atoms with Gasteiger partial charge >= 0.3 is 0 Å². The zero-order valence-electron chi connectivity index (χ0n) is 12.3. The van der Waals surface area contributed by atoms with Crippen molar-refractivity contribution in [1.29, 1.82) is 0 Å². The van der Waals surface area contributed by atoms with Crippen LogP contribution in [-0.2, 0) is 10.0 Å². The third-order valence-electron chi connectivity index (χ3n) is 3.11. The maximum atomic E-state index is 12.7. The van der Waals surface area contributed by atoms with Gasteiger partial charge in [-0.05, 0) is 43.2 Å². The molecule has 0 saturated heterocycles. The molecule has 0 spiro atoms. The van der Waals surface area contributed by atoms with Crippen LogP contribution in [0.5, 0.6) is 0 Å². The van der Waals surface area contributed by atoms with E-state index < -0.39 is 10.0 Å². The number of sulfonamides is 1. The number of hydrogen-bond donors (Lipinski definition) is 1. The van der Waals surface area contributed by atoms with Crippen LogP contribution >= 0.6 is 0 Å². The summed E-state index contributed by atoms with van der Waals surface area (Å²) < 4.78 is 39.4. The number of benzene rings is 2. The second-order valence-electron chi connectivity index (χ2n) is 4.95. The zero-order chi connectivity index (χ0) is 16.0. The highest BCUT2D eigenvalue weighted by Gasteiger charge is 2.11. The molecule has 0 aliphatic heterocycles. The van der Waals surface area contributed by atoms with Crippen molar-refractivity contribution in [2.75, 3.05) is 6.54 Å². The molecule has 0 aliphatic rings. The summed E-state index contributed by atoms with van der Waals surface area (Å²) in [5, 5.41) is 0. The Morgan fingerprint density at radius 1 is 1.05 bits per heavy atom. The van der Waals surface area contributed by atoms with Gasteiger partial charge in [-0.1, -0.05) is 42.0 Å². The summed E-state index contributed by atoms with van der Waals surface area (Å²) in [4.78, 5) is 0.264. The van der Waals surface area contributed by atoms with Crippen molar-refractivity contribution in [3.8, 4) is 0 Å². The molecule has 3 nitrogen and oxygen atoms in total. The molecule has 0 atom stereocenters. The van der Waals surface area contributed by atoms with Crippen molar-refractivity contribution in [2.24, 2.45) is 0 Å². The maximum Gasteiger partial charge on any atom is 0.240 e. The van der Waals surface area contributed by atoms with Crippen molar-refractivity contribution < 1.29 is 12.8 Å². The molecule has 0 heterocycles. The molecule has 2 aromatic rings. The quantitative estimate of drug-likeness (QED) is 0.828. The third-order valence-corrected chi connectivity index (χ3v) is 4.59. The molecule has 2 rings (SSSR count). The average Bonchev–Trinajstić information content (AvgIpc) is 2.49. The highest BCUT2D eigenvalue weighted by Crippen LogP contribution is 2.10. The Labute approximate surface area is 130 Å². The van der Waals surface area contributed by atoms with Crippen LogP contribution in [0, 0.1) is 12.7 Å². The number of nitrogens with one attached hydrogen (secondary N) is 1. The normalized spacial score (nSPS) is 11.9. The van der Waals surface area contributed by atoms with E-state index in [9.17, 15) is 12.8 Å². The van der Waals surface area contributed by atoms with Gasteiger partial charge in [0.1, 0.15) is 5.82 Å².